The maximum atomic E-state index is 5.03. The van der Waals surface area contributed by atoms with Crippen molar-refractivity contribution in [3.8, 4) is 0 Å². The van der Waals surface area contributed by atoms with Gasteiger partial charge in [-0.25, -0.2) is 0 Å². The van der Waals surface area contributed by atoms with Crippen LogP contribution in [0.3, 0.4) is 0 Å². The second-order valence-electron chi connectivity index (χ2n) is 2.02. The molecule has 0 saturated carbocycles. The lowest BCUT2D eigenvalue weighted by atomic mass is 10.5. The van der Waals surface area contributed by atoms with Crippen molar-refractivity contribution in [1.29, 1.82) is 0 Å². The average molecular weight is 160 g/mol. The Hall–Kier alpha value is -0.123. The molecule has 0 saturated heterocycles. The first-order valence-corrected chi connectivity index (χ1v) is 5.19. The van der Waals surface area contributed by atoms with E-state index in [0.717, 1.165) is 6.42 Å². The van der Waals surface area contributed by atoms with Crippen molar-refractivity contribution in [3.63, 3.8) is 0 Å². The van der Waals surface area contributed by atoms with Gasteiger partial charge in [0.1, 0.15) is 15.4 Å². The maximum Gasteiger partial charge on any atom is 0.138 e. The summed E-state index contributed by atoms with van der Waals surface area (Å²) in [6.45, 7) is 2.12. The first kappa shape index (κ1) is 9.88. The lowest BCUT2D eigenvalue weighted by molar-refractivity contribution is -0.0430. The smallest absolute Gasteiger partial charge is 0.138 e. The van der Waals surface area contributed by atoms with Crippen LogP contribution < -0.4 is 0 Å². The van der Waals surface area contributed by atoms with Gasteiger partial charge in [-0.2, -0.15) is 0 Å². The summed E-state index contributed by atoms with van der Waals surface area (Å²) in [6.07, 6.45) is 3.27. The van der Waals surface area contributed by atoms with Crippen LogP contribution in [0, 0.1) is 0 Å². The first-order valence-electron chi connectivity index (χ1n) is 3.55. The molecule has 10 heavy (non-hydrogen) atoms. The van der Waals surface area contributed by atoms with E-state index in [4.69, 9.17) is 9.47 Å². The van der Waals surface area contributed by atoms with Crippen molar-refractivity contribution in [3.05, 3.63) is 11.8 Å². The van der Waals surface area contributed by atoms with Crippen LogP contribution in [-0.4, -0.2) is 29.7 Å². The molecule has 0 amide bonds. The van der Waals surface area contributed by atoms with Gasteiger partial charge in [0.15, 0.2) is 0 Å². The summed E-state index contributed by atoms with van der Waals surface area (Å²) in [5.41, 5.74) is 2.21. The molecule has 0 fully saturated rings. The van der Waals surface area contributed by atoms with Gasteiger partial charge in [-0.15, -0.1) is 0 Å². The number of methoxy groups -OCH3 is 2. The molecule has 0 aliphatic rings. The molecule has 0 heterocycles. The number of ether oxygens (including phenoxy) is 2. The number of hydrogen-bond acceptors (Lipinski definition) is 2. The van der Waals surface area contributed by atoms with Crippen LogP contribution >= 0.6 is 0 Å². The molecule has 0 aromatic heterocycles. The van der Waals surface area contributed by atoms with Gasteiger partial charge in [-0.3, -0.25) is 0 Å². The Bertz CT molecular complexity index is 89.6. The highest BCUT2D eigenvalue weighted by Gasteiger charge is 2.00. The minimum absolute atomic E-state index is 0.0581. The van der Waals surface area contributed by atoms with E-state index in [2.05, 4.69) is 18.7 Å². The van der Waals surface area contributed by atoms with Crippen molar-refractivity contribution >= 4 is 9.52 Å². The van der Waals surface area contributed by atoms with E-state index in [-0.39, 0.29) is 15.4 Å². The average Bonchev–Trinajstić information content (AvgIpc) is 1.99. The zero-order valence-electron chi connectivity index (χ0n) is 6.96. The second kappa shape index (κ2) is 6.99. The molecule has 0 spiro atoms. The summed E-state index contributed by atoms with van der Waals surface area (Å²) in [7, 11) is 3.05. The quantitative estimate of drug-likeness (QED) is 0.434. The Morgan fingerprint density at radius 3 is 2.40 bits per heavy atom. The zero-order chi connectivity index (χ0) is 7.82. The Morgan fingerprint density at radius 1 is 1.40 bits per heavy atom. The van der Waals surface area contributed by atoms with Crippen LogP contribution in [-0.2, 0) is 9.47 Å². The maximum absolute atomic E-state index is 5.03. The van der Waals surface area contributed by atoms with Crippen molar-refractivity contribution in [2.75, 3.05) is 14.2 Å². The van der Waals surface area contributed by atoms with E-state index in [1.165, 1.54) is 0 Å². The molecule has 0 aromatic rings. The van der Waals surface area contributed by atoms with Crippen LogP contribution in [0.5, 0.6) is 0 Å². The molecular weight excluding hydrogens is 144 g/mol. The zero-order valence-corrected chi connectivity index (χ0v) is 8.38. The summed E-state index contributed by atoms with van der Waals surface area (Å²) in [6, 6.07) is 0. The first-order chi connectivity index (χ1) is 4.85. The van der Waals surface area contributed by atoms with Crippen molar-refractivity contribution in [1.82, 2.24) is 0 Å². The van der Waals surface area contributed by atoms with Crippen LogP contribution in [0.25, 0.3) is 0 Å². The Balaban J connectivity index is 3.34. The number of allylic oxidation sites excluding steroid dienone is 1. The van der Waals surface area contributed by atoms with Gasteiger partial charge in [0.05, 0.1) is 0 Å². The fourth-order valence-corrected chi connectivity index (χ4v) is 1.80. The van der Waals surface area contributed by atoms with Gasteiger partial charge in [0.25, 0.3) is 0 Å². The lowest BCUT2D eigenvalue weighted by Gasteiger charge is -2.09. The molecule has 0 N–H and O–H groups in total. The van der Waals surface area contributed by atoms with Gasteiger partial charge in [0, 0.05) is 14.2 Å². The fraction of sp³-hybridized carbons (Fsp3) is 0.714. The molecule has 0 atom stereocenters. The van der Waals surface area contributed by atoms with E-state index in [0.29, 0.717) is 0 Å². The van der Waals surface area contributed by atoms with E-state index >= 15 is 0 Å². The highest BCUT2D eigenvalue weighted by Crippen LogP contribution is 1.88. The van der Waals surface area contributed by atoms with Gasteiger partial charge < -0.3 is 9.47 Å². The molecule has 60 valence electrons. The molecule has 0 aliphatic carbocycles. The molecule has 0 bridgehead atoms. The third-order valence-corrected chi connectivity index (χ3v) is 2.91. The molecule has 0 aliphatic heterocycles. The topological polar surface area (TPSA) is 18.5 Å². The van der Waals surface area contributed by atoms with E-state index in [9.17, 15) is 0 Å². The van der Waals surface area contributed by atoms with Gasteiger partial charge in [0.2, 0.25) is 0 Å². The molecule has 0 radical (unpaired) electrons. The summed E-state index contributed by atoms with van der Waals surface area (Å²) in [5.74, 6) is 0.0581. The molecule has 3 heteroatoms. The Morgan fingerprint density at radius 2 is 2.00 bits per heavy atom. The van der Waals surface area contributed by atoms with E-state index in [1.807, 2.05) is 0 Å². The second-order valence-corrected chi connectivity index (χ2v) is 3.63. The number of rotatable bonds is 5. The van der Waals surface area contributed by atoms with Crippen molar-refractivity contribution in [2.24, 2.45) is 0 Å². The highest BCUT2D eigenvalue weighted by molar-refractivity contribution is 6.43. The monoisotopic (exact) mass is 160 g/mol. The summed E-state index contributed by atoms with van der Waals surface area (Å²) < 4.78 is 10.1. The van der Waals surface area contributed by atoms with Gasteiger partial charge in [-0.05, 0) is 6.42 Å². The van der Waals surface area contributed by atoms with Crippen LogP contribution in [0.15, 0.2) is 11.8 Å². The fourth-order valence-electron chi connectivity index (χ4n) is 0.663. The Kier molecular flexibility index (Phi) is 6.90. The molecule has 0 rings (SSSR count). The normalized spacial score (nSPS) is 12.8. The van der Waals surface area contributed by atoms with Crippen LogP contribution in [0.4, 0.5) is 0 Å². The minimum atomic E-state index is -0.311. The third-order valence-electron chi connectivity index (χ3n) is 1.26. The molecule has 0 aromatic carbocycles. The molecule has 2 nitrogen and oxygen atoms in total. The number of hydrogen-bond donors (Lipinski definition) is 0. The highest BCUT2D eigenvalue weighted by atomic mass is 28.2. The van der Waals surface area contributed by atoms with Crippen LogP contribution in [0.1, 0.15) is 13.3 Å². The minimum Gasteiger partial charge on any atom is -0.360 e. The van der Waals surface area contributed by atoms with Gasteiger partial charge in [-0.1, -0.05) is 18.7 Å². The molecular formula is C7H16O2Si. The van der Waals surface area contributed by atoms with Crippen molar-refractivity contribution in [2.45, 2.75) is 19.3 Å². The predicted octanol–water partition coefficient (Wildman–Crippen LogP) is 0.655. The van der Waals surface area contributed by atoms with E-state index < -0.39 is 0 Å². The SMILES string of the molecule is CCC=C[SiH2]C(OC)OC. The standard InChI is InChI=1S/C7H16O2Si/c1-4-5-6-10-7(8-2)9-3/h5-7H,4,10H2,1-3H3. The predicted molar refractivity (Wildman–Crippen MR) is 45.8 cm³/mol. The lowest BCUT2D eigenvalue weighted by Crippen LogP contribution is -2.19. The summed E-state index contributed by atoms with van der Waals surface area (Å²) in [4.78, 5) is 0. The van der Waals surface area contributed by atoms with Crippen LogP contribution in [0.2, 0.25) is 0 Å². The van der Waals surface area contributed by atoms with Gasteiger partial charge >= 0.3 is 0 Å². The Labute approximate surface area is 65.0 Å². The molecule has 0 unspecified atom stereocenters. The third kappa shape index (κ3) is 4.73. The largest absolute Gasteiger partial charge is 0.360 e. The summed E-state index contributed by atoms with van der Waals surface area (Å²) in [5, 5.41) is 0. The summed E-state index contributed by atoms with van der Waals surface area (Å²) >= 11 is 0. The van der Waals surface area contributed by atoms with Crippen molar-refractivity contribution < 1.29 is 9.47 Å². The van der Waals surface area contributed by atoms with E-state index in [1.54, 1.807) is 14.2 Å².